The average Bonchev–Trinajstić information content (AvgIpc) is 3.32. The van der Waals surface area contributed by atoms with Crippen LogP contribution < -0.4 is 9.46 Å². The molecule has 2 aliphatic rings. The van der Waals surface area contributed by atoms with Gasteiger partial charge in [0.2, 0.25) is 0 Å². The maximum absolute atomic E-state index is 13.1. The Morgan fingerprint density at radius 3 is 2.67 bits per heavy atom. The molecular formula is C23H28ClN3O5S. The number of rotatable bonds is 7. The third-order valence-electron chi connectivity index (χ3n) is 5.94. The topological polar surface area (TPSA) is 88.2 Å². The molecule has 0 aromatic heterocycles. The van der Waals surface area contributed by atoms with Crippen LogP contribution in [0.1, 0.15) is 23.2 Å². The first kappa shape index (κ1) is 23.8. The van der Waals surface area contributed by atoms with Crippen molar-refractivity contribution in [2.75, 3.05) is 51.2 Å². The summed E-state index contributed by atoms with van der Waals surface area (Å²) < 4.78 is 39.4. The van der Waals surface area contributed by atoms with Crippen molar-refractivity contribution in [3.05, 3.63) is 53.1 Å². The van der Waals surface area contributed by atoms with Gasteiger partial charge in [-0.3, -0.25) is 14.4 Å². The summed E-state index contributed by atoms with van der Waals surface area (Å²) in [5.41, 5.74) is 0.563. The summed E-state index contributed by atoms with van der Waals surface area (Å²) in [4.78, 5) is 17.1. The van der Waals surface area contributed by atoms with Crippen molar-refractivity contribution in [3.63, 3.8) is 0 Å². The molecule has 2 fully saturated rings. The zero-order valence-electron chi connectivity index (χ0n) is 18.5. The largest absolute Gasteiger partial charge is 0.495 e. The molecule has 10 heteroatoms. The normalized spacial score (nSPS) is 19.5. The molecule has 0 bridgehead atoms. The molecule has 0 saturated carbocycles. The van der Waals surface area contributed by atoms with Gasteiger partial charge < -0.3 is 14.4 Å². The van der Waals surface area contributed by atoms with Crippen LogP contribution in [0.15, 0.2) is 47.4 Å². The lowest BCUT2D eigenvalue weighted by molar-refractivity contribution is 0.0432. The number of nitrogens with zero attached hydrogens (tertiary/aromatic N) is 2. The van der Waals surface area contributed by atoms with E-state index in [2.05, 4.69) is 9.62 Å². The van der Waals surface area contributed by atoms with E-state index < -0.39 is 10.0 Å². The van der Waals surface area contributed by atoms with Crippen molar-refractivity contribution in [1.82, 2.24) is 9.80 Å². The zero-order chi connectivity index (χ0) is 23.4. The molecule has 8 nitrogen and oxygen atoms in total. The first-order valence-electron chi connectivity index (χ1n) is 11.0. The number of halogens is 1. The lowest BCUT2D eigenvalue weighted by Gasteiger charge is -2.35. The van der Waals surface area contributed by atoms with Gasteiger partial charge in [-0.15, -0.1) is 0 Å². The Kier molecular flexibility index (Phi) is 7.43. The van der Waals surface area contributed by atoms with E-state index in [-0.39, 0.29) is 16.5 Å². The number of benzene rings is 2. The lowest BCUT2D eigenvalue weighted by Crippen LogP contribution is -2.50. The summed E-state index contributed by atoms with van der Waals surface area (Å²) in [5.74, 6) is 0.167. The van der Waals surface area contributed by atoms with E-state index in [0.29, 0.717) is 35.5 Å². The predicted octanol–water partition coefficient (Wildman–Crippen LogP) is 3.09. The molecule has 2 aromatic carbocycles. The highest BCUT2D eigenvalue weighted by Gasteiger charge is 2.26. The van der Waals surface area contributed by atoms with Crippen molar-refractivity contribution in [1.29, 1.82) is 0 Å². The standard InChI is InChI=1S/C23H28ClN3O5S/c1-31-22-8-7-18(24)15-21(22)25-33(29,30)20-6-2-4-17(14-20)23(28)27-11-9-26(10-12-27)16-19-5-3-13-32-19/h2,4,6-8,14-15,19,25H,3,5,9-13,16H2,1H3. The van der Waals surface area contributed by atoms with E-state index in [0.717, 1.165) is 39.1 Å². The van der Waals surface area contributed by atoms with Gasteiger partial charge in [0.1, 0.15) is 5.75 Å². The van der Waals surface area contributed by atoms with Gasteiger partial charge in [0.05, 0.1) is 23.8 Å². The van der Waals surface area contributed by atoms with Crippen LogP contribution in [0.5, 0.6) is 5.75 Å². The second kappa shape index (κ2) is 10.3. The molecule has 178 valence electrons. The van der Waals surface area contributed by atoms with Crippen LogP contribution in [0.3, 0.4) is 0 Å². The van der Waals surface area contributed by atoms with Crippen LogP contribution in [0.25, 0.3) is 0 Å². The number of methoxy groups -OCH3 is 1. The highest BCUT2D eigenvalue weighted by Crippen LogP contribution is 2.30. The Labute approximate surface area is 199 Å². The van der Waals surface area contributed by atoms with Gasteiger partial charge in [-0.1, -0.05) is 17.7 Å². The van der Waals surface area contributed by atoms with Crippen LogP contribution >= 0.6 is 11.6 Å². The van der Waals surface area contributed by atoms with E-state index in [1.54, 1.807) is 29.2 Å². The minimum Gasteiger partial charge on any atom is -0.495 e. The quantitative estimate of drug-likeness (QED) is 0.637. The third kappa shape index (κ3) is 5.78. The third-order valence-corrected chi connectivity index (χ3v) is 7.54. The number of anilines is 1. The van der Waals surface area contributed by atoms with Crippen LogP contribution in [0.4, 0.5) is 5.69 Å². The van der Waals surface area contributed by atoms with E-state index in [4.69, 9.17) is 21.1 Å². The predicted molar refractivity (Wildman–Crippen MR) is 127 cm³/mol. The van der Waals surface area contributed by atoms with E-state index >= 15 is 0 Å². The van der Waals surface area contributed by atoms with Gasteiger partial charge in [0, 0.05) is 49.9 Å². The smallest absolute Gasteiger partial charge is 0.262 e. The van der Waals surface area contributed by atoms with E-state index in [1.165, 1.54) is 25.3 Å². The summed E-state index contributed by atoms with van der Waals surface area (Å²) in [5, 5.41) is 0.371. The molecule has 33 heavy (non-hydrogen) atoms. The number of piperazine rings is 1. The Balaban J connectivity index is 1.43. The number of amides is 1. The fourth-order valence-electron chi connectivity index (χ4n) is 4.15. The summed E-state index contributed by atoms with van der Waals surface area (Å²) in [6, 6.07) is 10.7. The Bertz CT molecular complexity index is 1100. The lowest BCUT2D eigenvalue weighted by atomic mass is 10.1. The molecule has 1 atom stereocenters. The van der Waals surface area contributed by atoms with Gasteiger partial charge in [0.25, 0.3) is 15.9 Å². The number of nitrogens with one attached hydrogen (secondary N) is 1. The number of ether oxygens (including phenoxy) is 2. The molecule has 0 radical (unpaired) electrons. The first-order chi connectivity index (χ1) is 15.9. The molecule has 0 aliphatic carbocycles. The molecule has 0 spiro atoms. The second-order valence-corrected chi connectivity index (χ2v) is 10.3. The van der Waals surface area contributed by atoms with Crippen LogP contribution in [-0.4, -0.2) is 76.7 Å². The number of hydrogen-bond donors (Lipinski definition) is 1. The summed E-state index contributed by atoms with van der Waals surface area (Å²) >= 11 is 6.01. The van der Waals surface area contributed by atoms with E-state index in [9.17, 15) is 13.2 Å². The van der Waals surface area contributed by atoms with Crippen molar-refractivity contribution in [3.8, 4) is 5.75 Å². The summed E-state index contributed by atoms with van der Waals surface area (Å²) in [6.07, 6.45) is 2.50. The molecule has 2 aliphatic heterocycles. The second-order valence-electron chi connectivity index (χ2n) is 8.21. The van der Waals surface area contributed by atoms with E-state index in [1.807, 2.05) is 0 Å². The molecule has 1 N–H and O–H groups in total. The first-order valence-corrected chi connectivity index (χ1v) is 12.8. The van der Waals surface area contributed by atoms with Crippen molar-refractivity contribution < 1.29 is 22.7 Å². The monoisotopic (exact) mass is 493 g/mol. The maximum Gasteiger partial charge on any atom is 0.262 e. The van der Waals surface area contributed by atoms with Gasteiger partial charge >= 0.3 is 0 Å². The average molecular weight is 494 g/mol. The molecule has 1 amide bonds. The zero-order valence-corrected chi connectivity index (χ0v) is 20.1. The Morgan fingerprint density at radius 1 is 1.18 bits per heavy atom. The Morgan fingerprint density at radius 2 is 1.97 bits per heavy atom. The van der Waals surface area contributed by atoms with Gasteiger partial charge in [-0.25, -0.2) is 8.42 Å². The van der Waals surface area contributed by atoms with Crippen molar-refractivity contribution in [2.24, 2.45) is 0 Å². The fourth-order valence-corrected chi connectivity index (χ4v) is 5.43. The number of hydrogen-bond acceptors (Lipinski definition) is 6. The highest BCUT2D eigenvalue weighted by molar-refractivity contribution is 7.92. The molecule has 1 unspecified atom stereocenters. The van der Waals surface area contributed by atoms with Crippen LogP contribution in [-0.2, 0) is 14.8 Å². The molecule has 4 rings (SSSR count). The number of carbonyl (C=O) groups excluding carboxylic acids is 1. The Hall–Kier alpha value is -2.33. The van der Waals surface area contributed by atoms with Crippen molar-refractivity contribution >= 4 is 33.2 Å². The molecular weight excluding hydrogens is 466 g/mol. The van der Waals surface area contributed by atoms with Crippen LogP contribution in [0.2, 0.25) is 5.02 Å². The summed E-state index contributed by atoms with van der Waals surface area (Å²) in [6.45, 7) is 4.48. The molecule has 2 aromatic rings. The van der Waals surface area contributed by atoms with Gasteiger partial charge in [0.15, 0.2) is 0 Å². The number of sulfonamides is 1. The fraction of sp³-hybridized carbons (Fsp3) is 0.435. The molecule has 2 saturated heterocycles. The summed E-state index contributed by atoms with van der Waals surface area (Å²) in [7, 11) is -2.51. The number of carbonyl (C=O) groups is 1. The minimum atomic E-state index is -3.95. The molecule has 2 heterocycles. The van der Waals surface area contributed by atoms with Gasteiger partial charge in [-0.2, -0.15) is 0 Å². The SMILES string of the molecule is COc1ccc(Cl)cc1NS(=O)(=O)c1cccc(C(=O)N2CCN(CC3CCCO3)CC2)c1. The highest BCUT2D eigenvalue weighted by atomic mass is 35.5. The van der Waals surface area contributed by atoms with Crippen molar-refractivity contribution in [2.45, 2.75) is 23.8 Å². The van der Waals surface area contributed by atoms with Crippen LogP contribution in [0, 0.1) is 0 Å². The maximum atomic E-state index is 13.1. The minimum absolute atomic E-state index is 0.00704. The van der Waals surface area contributed by atoms with Gasteiger partial charge in [-0.05, 0) is 49.2 Å².